The average Bonchev–Trinajstić information content (AvgIpc) is 3.12. The molecule has 1 aromatic heterocycles. The topological polar surface area (TPSA) is 104 Å². The first-order valence-electron chi connectivity index (χ1n) is 9.29. The zero-order valence-corrected chi connectivity index (χ0v) is 15.6. The van der Waals surface area contributed by atoms with E-state index in [1.54, 1.807) is 19.1 Å². The molecule has 8 heteroatoms. The molecule has 27 heavy (non-hydrogen) atoms. The number of nitrogens with zero attached hydrogens (tertiary/aromatic N) is 3. The van der Waals surface area contributed by atoms with Gasteiger partial charge in [0.2, 0.25) is 11.7 Å². The van der Waals surface area contributed by atoms with Crippen LogP contribution in [0.15, 0.2) is 28.8 Å². The minimum atomic E-state index is -0.0321. The molecule has 1 aliphatic heterocycles. The summed E-state index contributed by atoms with van der Waals surface area (Å²) in [5, 5.41) is 3.81. The highest BCUT2D eigenvalue weighted by atomic mass is 16.5. The molecule has 0 bridgehead atoms. The molecule has 1 aromatic carbocycles. The van der Waals surface area contributed by atoms with Crippen molar-refractivity contribution in [2.75, 3.05) is 26.2 Å². The van der Waals surface area contributed by atoms with Crippen LogP contribution in [0.2, 0.25) is 0 Å². The molecule has 3 rings (SSSR count). The SMILES string of the molecule is Cc1nc(COc2ccccc2C(=O)N2CCC(OCCCN)CC2)no1. The summed E-state index contributed by atoms with van der Waals surface area (Å²) in [5.41, 5.74) is 6.03. The molecule has 1 saturated heterocycles. The van der Waals surface area contributed by atoms with Gasteiger partial charge in [0.1, 0.15) is 5.75 Å². The number of benzene rings is 1. The lowest BCUT2D eigenvalue weighted by atomic mass is 10.1. The van der Waals surface area contributed by atoms with Crippen LogP contribution < -0.4 is 10.5 Å². The Bertz CT molecular complexity index is 741. The van der Waals surface area contributed by atoms with Crippen LogP contribution in [0.1, 0.15) is 41.3 Å². The molecule has 1 fully saturated rings. The van der Waals surface area contributed by atoms with Gasteiger partial charge in [-0.25, -0.2) is 0 Å². The third kappa shape index (κ3) is 5.27. The molecular formula is C19H26N4O4. The summed E-state index contributed by atoms with van der Waals surface area (Å²) in [7, 11) is 0. The standard InChI is InChI=1S/C19H26N4O4/c1-14-21-18(22-27-14)13-26-17-6-3-2-5-16(17)19(24)23-10-7-15(8-11-23)25-12-4-9-20/h2-3,5-6,15H,4,7-13,20H2,1H3. The molecule has 8 nitrogen and oxygen atoms in total. The first-order chi connectivity index (χ1) is 13.2. The molecule has 2 aromatic rings. The maximum Gasteiger partial charge on any atom is 0.257 e. The van der Waals surface area contributed by atoms with Crippen molar-refractivity contribution in [2.24, 2.45) is 5.73 Å². The van der Waals surface area contributed by atoms with E-state index in [1.807, 2.05) is 17.0 Å². The summed E-state index contributed by atoms with van der Waals surface area (Å²) in [5.74, 6) is 1.42. The van der Waals surface area contributed by atoms with Gasteiger partial charge in [0.15, 0.2) is 6.61 Å². The Kier molecular flexibility index (Phi) is 6.78. The second kappa shape index (κ2) is 9.48. The van der Waals surface area contributed by atoms with Crippen LogP contribution in [0, 0.1) is 6.92 Å². The zero-order chi connectivity index (χ0) is 19.1. The van der Waals surface area contributed by atoms with Crippen LogP contribution in [-0.4, -0.2) is 53.3 Å². The largest absolute Gasteiger partial charge is 0.485 e. The maximum absolute atomic E-state index is 12.9. The minimum Gasteiger partial charge on any atom is -0.485 e. The lowest BCUT2D eigenvalue weighted by Gasteiger charge is -2.32. The van der Waals surface area contributed by atoms with Crippen molar-refractivity contribution in [2.45, 2.75) is 38.9 Å². The summed E-state index contributed by atoms with van der Waals surface area (Å²) in [6, 6.07) is 7.23. The predicted octanol–water partition coefficient (Wildman–Crippen LogP) is 1.93. The fraction of sp³-hybridized carbons (Fsp3) is 0.526. The van der Waals surface area contributed by atoms with E-state index in [9.17, 15) is 4.79 Å². The summed E-state index contributed by atoms with van der Waals surface area (Å²) < 4.78 is 16.5. The Morgan fingerprint density at radius 3 is 2.81 bits per heavy atom. The van der Waals surface area contributed by atoms with E-state index in [-0.39, 0.29) is 18.6 Å². The van der Waals surface area contributed by atoms with E-state index in [0.717, 1.165) is 19.3 Å². The molecule has 0 spiro atoms. The Morgan fingerprint density at radius 2 is 2.11 bits per heavy atom. The van der Waals surface area contributed by atoms with Gasteiger partial charge in [0.25, 0.3) is 5.91 Å². The van der Waals surface area contributed by atoms with Gasteiger partial charge in [-0.2, -0.15) is 4.98 Å². The monoisotopic (exact) mass is 374 g/mol. The Balaban J connectivity index is 1.57. The van der Waals surface area contributed by atoms with E-state index in [4.69, 9.17) is 19.7 Å². The second-order valence-electron chi connectivity index (χ2n) is 6.52. The number of hydrogen-bond donors (Lipinski definition) is 1. The number of rotatable bonds is 8. The summed E-state index contributed by atoms with van der Waals surface area (Å²) in [6.07, 6.45) is 2.74. The fourth-order valence-corrected chi connectivity index (χ4v) is 3.04. The van der Waals surface area contributed by atoms with E-state index in [1.165, 1.54) is 0 Å². The Hall–Kier alpha value is -2.45. The van der Waals surface area contributed by atoms with Gasteiger partial charge < -0.3 is 24.6 Å². The van der Waals surface area contributed by atoms with Gasteiger partial charge in [-0.05, 0) is 37.9 Å². The average molecular weight is 374 g/mol. The number of carbonyl (C=O) groups excluding carboxylic acids is 1. The van der Waals surface area contributed by atoms with Gasteiger partial charge in [0.05, 0.1) is 11.7 Å². The van der Waals surface area contributed by atoms with Gasteiger partial charge in [-0.15, -0.1) is 0 Å². The van der Waals surface area contributed by atoms with E-state index in [0.29, 0.717) is 49.3 Å². The number of aromatic nitrogens is 2. The zero-order valence-electron chi connectivity index (χ0n) is 15.6. The Labute approximate surface area is 158 Å². The molecule has 0 unspecified atom stereocenters. The third-order valence-electron chi connectivity index (χ3n) is 4.48. The smallest absolute Gasteiger partial charge is 0.257 e. The van der Waals surface area contributed by atoms with Crippen LogP contribution >= 0.6 is 0 Å². The van der Waals surface area contributed by atoms with Crippen LogP contribution in [0.3, 0.4) is 0 Å². The van der Waals surface area contributed by atoms with E-state index < -0.39 is 0 Å². The highest BCUT2D eigenvalue weighted by Crippen LogP contribution is 2.23. The van der Waals surface area contributed by atoms with E-state index >= 15 is 0 Å². The molecule has 0 atom stereocenters. The number of carbonyl (C=O) groups is 1. The lowest BCUT2D eigenvalue weighted by molar-refractivity contribution is 0.00835. The van der Waals surface area contributed by atoms with Gasteiger partial charge >= 0.3 is 0 Å². The van der Waals surface area contributed by atoms with Gasteiger partial charge in [0, 0.05) is 26.6 Å². The van der Waals surface area contributed by atoms with Gasteiger partial charge in [-0.3, -0.25) is 4.79 Å². The number of nitrogens with two attached hydrogens (primary N) is 1. The molecule has 0 radical (unpaired) electrons. The molecule has 1 amide bonds. The van der Waals surface area contributed by atoms with Crippen molar-refractivity contribution in [1.29, 1.82) is 0 Å². The summed E-state index contributed by atoms with van der Waals surface area (Å²) in [6.45, 7) is 4.53. The number of ether oxygens (including phenoxy) is 2. The van der Waals surface area contributed by atoms with Crippen molar-refractivity contribution in [3.63, 3.8) is 0 Å². The van der Waals surface area contributed by atoms with Crippen molar-refractivity contribution >= 4 is 5.91 Å². The number of para-hydroxylation sites is 1. The maximum atomic E-state index is 12.9. The highest BCUT2D eigenvalue weighted by molar-refractivity contribution is 5.97. The van der Waals surface area contributed by atoms with Crippen molar-refractivity contribution in [3.8, 4) is 5.75 Å². The molecule has 0 saturated carbocycles. The van der Waals surface area contributed by atoms with Crippen molar-refractivity contribution in [3.05, 3.63) is 41.5 Å². The van der Waals surface area contributed by atoms with Crippen molar-refractivity contribution < 1.29 is 18.8 Å². The van der Waals surface area contributed by atoms with Crippen LogP contribution in [0.5, 0.6) is 5.75 Å². The number of amides is 1. The lowest BCUT2D eigenvalue weighted by Crippen LogP contribution is -2.41. The molecule has 2 N–H and O–H groups in total. The second-order valence-corrected chi connectivity index (χ2v) is 6.52. The van der Waals surface area contributed by atoms with E-state index in [2.05, 4.69) is 10.1 Å². The fourth-order valence-electron chi connectivity index (χ4n) is 3.04. The number of piperidine rings is 1. The number of aryl methyl sites for hydroxylation is 1. The first-order valence-corrected chi connectivity index (χ1v) is 9.29. The number of hydrogen-bond acceptors (Lipinski definition) is 7. The molecule has 0 aliphatic carbocycles. The quantitative estimate of drug-likeness (QED) is 0.704. The summed E-state index contributed by atoms with van der Waals surface area (Å²) in [4.78, 5) is 18.9. The third-order valence-corrected chi connectivity index (χ3v) is 4.48. The Morgan fingerprint density at radius 1 is 1.33 bits per heavy atom. The highest BCUT2D eigenvalue weighted by Gasteiger charge is 2.25. The molecule has 1 aliphatic rings. The minimum absolute atomic E-state index is 0.0321. The normalized spacial score (nSPS) is 15.1. The first kappa shape index (κ1) is 19.3. The molecular weight excluding hydrogens is 348 g/mol. The predicted molar refractivity (Wildman–Crippen MR) is 98.4 cm³/mol. The van der Waals surface area contributed by atoms with Gasteiger partial charge in [-0.1, -0.05) is 17.3 Å². The van der Waals surface area contributed by atoms with Crippen LogP contribution in [0.25, 0.3) is 0 Å². The van der Waals surface area contributed by atoms with Crippen molar-refractivity contribution in [1.82, 2.24) is 15.0 Å². The van der Waals surface area contributed by atoms with Crippen LogP contribution in [-0.2, 0) is 11.3 Å². The summed E-state index contributed by atoms with van der Waals surface area (Å²) >= 11 is 0. The number of likely N-dealkylation sites (tertiary alicyclic amines) is 1. The molecule has 2 heterocycles. The molecule has 146 valence electrons. The van der Waals surface area contributed by atoms with Crippen LogP contribution in [0.4, 0.5) is 0 Å².